The predicted molar refractivity (Wildman–Crippen MR) is 108 cm³/mol. The van der Waals surface area contributed by atoms with Crippen molar-refractivity contribution in [3.05, 3.63) is 18.2 Å². The van der Waals surface area contributed by atoms with Gasteiger partial charge >= 0.3 is 6.09 Å². The fraction of sp³-hybridized carbons (Fsp3) is 0.600. The quantitative estimate of drug-likeness (QED) is 0.687. The van der Waals surface area contributed by atoms with Crippen LogP contribution in [0, 0.1) is 0 Å². The molecule has 0 atom stereocenters. The highest BCUT2D eigenvalue weighted by Crippen LogP contribution is 2.33. The maximum absolute atomic E-state index is 11.9. The lowest BCUT2D eigenvalue weighted by atomic mass is 9.93. The Morgan fingerprint density at radius 1 is 1.14 bits per heavy atom. The third-order valence-electron chi connectivity index (χ3n) is 4.26. The van der Waals surface area contributed by atoms with Crippen molar-refractivity contribution in [2.24, 2.45) is 0 Å². The van der Waals surface area contributed by atoms with Gasteiger partial charge in [0.2, 0.25) is 5.91 Å². The fourth-order valence-electron chi connectivity index (χ4n) is 3.02. The van der Waals surface area contributed by atoms with Gasteiger partial charge in [0.05, 0.1) is 13.2 Å². The number of methoxy groups -OCH3 is 1. The molecule has 0 heterocycles. The Kier molecular flexibility index (Phi) is 7.80. The Morgan fingerprint density at radius 2 is 1.82 bits per heavy atom. The first-order valence-electron chi connectivity index (χ1n) is 9.40. The van der Waals surface area contributed by atoms with Crippen LogP contribution in [-0.2, 0) is 9.53 Å². The van der Waals surface area contributed by atoms with E-state index < -0.39 is 5.60 Å². The molecular formula is C20H29ClN2O5. The fourth-order valence-corrected chi connectivity index (χ4v) is 3.09. The lowest BCUT2D eigenvalue weighted by molar-refractivity contribution is -0.113. The number of carbonyl (C=O) groups is 2. The molecule has 1 aromatic carbocycles. The van der Waals surface area contributed by atoms with Gasteiger partial charge in [0.15, 0.2) is 11.5 Å². The van der Waals surface area contributed by atoms with Gasteiger partial charge in [-0.15, -0.1) is 11.6 Å². The second kappa shape index (κ2) is 9.87. The molecule has 28 heavy (non-hydrogen) atoms. The summed E-state index contributed by atoms with van der Waals surface area (Å²) in [7, 11) is 1.57. The third-order valence-corrected chi connectivity index (χ3v) is 4.50. The van der Waals surface area contributed by atoms with Gasteiger partial charge in [-0.3, -0.25) is 4.79 Å². The average molecular weight is 413 g/mol. The monoisotopic (exact) mass is 412 g/mol. The number of benzene rings is 1. The van der Waals surface area contributed by atoms with Gasteiger partial charge in [-0.25, -0.2) is 4.79 Å². The van der Waals surface area contributed by atoms with Crippen LogP contribution in [0.4, 0.5) is 10.5 Å². The minimum Gasteiger partial charge on any atom is -0.493 e. The van der Waals surface area contributed by atoms with Crippen LogP contribution in [0.1, 0.15) is 46.5 Å². The number of halogens is 1. The van der Waals surface area contributed by atoms with Crippen LogP contribution in [-0.4, -0.2) is 42.7 Å². The smallest absolute Gasteiger partial charge is 0.407 e. The summed E-state index contributed by atoms with van der Waals surface area (Å²) in [4.78, 5) is 23.4. The van der Waals surface area contributed by atoms with E-state index in [9.17, 15) is 9.59 Å². The maximum Gasteiger partial charge on any atom is 0.407 e. The van der Waals surface area contributed by atoms with E-state index in [0.29, 0.717) is 17.2 Å². The minimum absolute atomic E-state index is 0.00423. The van der Waals surface area contributed by atoms with E-state index in [2.05, 4.69) is 10.6 Å². The standard InChI is InChI=1S/C20H29ClN2O5/c1-20(2,3)28-19(25)23-13-5-8-15(9-6-13)27-17-11-14(22-18(24)12-21)7-10-16(17)26-4/h7,10-11,13,15H,5-6,8-9,12H2,1-4H3,(H,22,24)(H,23,25)/t13-,15-. The zero-order valence-electron chi connectivity index (χ0n) is 16.8. The van der Waals surface area contributed by atoms with E-state index in [1.807, 2.05) is 20.8 Å². The van der Waals surface area contributed by atoms with E-state index >= 15 is 0 Å². The van der Waals surface area contributed by atoms with Crippen LogP contribution in [0.2, 0.25) is 0 Å². The van der Waals surface area contributed by atoms with Crippen LogP contribution in [0.5, 0.6) is 11.5 Å². The first-order valence-corrected chi connectivity index (χ1v) is 9.93. The summed E-state index contributed by atoms with van der Waals surface area (Å²) in [6.07, 6.45) is 2.80. The SMILES string of the molecule is COc1ccc(NC(=O)CCl)cc1O[C@H]1CC[C@H](NC(=O)OC(C)(C)C)CC1. The van der Waals surface area contributed by atoms with Crippen molar-refractivity contribution in [1.29, 1.82) is 0 Å². The number of rotatable bonds is 6. The van der Waals surface area contributed by atoms with Crippen molar-refractivity contribution in [2.75, 3.05) is 18.3 Å². The van der Waals surface area contributed by atoms with Crippen LogP contribution in [0.3, 0.4) is 0 Å². The molecule has 1 fully saturated rings. The maximum atomic E-state index is 11.9. The third kappa shape index (κ3) is 7.11. The number of ether oxygens (including phenoxy) is 3. The summed E-state index contributed by atoms with van der Waals surface area (Å²) < 4.78 is 16.8. The van der Waals surface area contributed by atoms with Crippen molar-refractivity contribution in [3.8, 4) is 11.5 Å². The Hall–Kier alpha value is -2.15. The number of hydrogen-bond donors (Lipinski definition) is 2. The molecule has 1 aromatic rings. The molecule has 0 spiro atoms. The van der Waals surface area contributed by atoms with Crippen molar-refractivity contribution >= 4 is 29.3 Å². The molecule has 2 rings (SSSR count). The summed E-state index contributed by atoms with van der Waals surface area (Å²) in [6.45, 7) is 5.52. The molecule has 2 N–H and O–H groups in total. The highest BCUT2D eigenvalue weighted by atomic mass is 35.5. The van der Waals surface area contributed by atoms with Gasteiger partial charge in [-0.05, 0) is 58.6 Å². The Bertz CT molecular complexity index is 682. The molecule has 156 valence electrons. The minimum atomic E-state index is -0.509. The summed E-state index contributed by atoms with van der Waals surface area (Å²) in [5.41, 5.74) is 0.0897. The molecule has 1 aliphatic carbocycles. The van der Waals surface area contributed by atoms with E-state index in [-0.39, 0.29) is 30.0 Å². The largest absolute Gasteiger partial charge is 0.493 e. The molecular weight excluding hydrogens is 384 g/mol. The van der Waals surface area contributed by atoms with Gasteiger partial charge in [0.1, 0.15) is 11.5 Å². The van der Waals surface area contributed by atoms with Gasteiger partial charge in [0, 0.05) is 17.8 Å². The van der Waals surface area contributed by atoms with E-state index in [4.69, 9.17) is 25.8 Å². The van der Waals surface area contributed by atoms with Crippen LogP contribution >= 0.6 is 11.6 Å². The number of hydrogen-bond acceptors (Lipinski definition) is 5. The highest BCUT2D eigenvalue weighted by molar-refractivity contribution is 6.29. The van der Waals surface area contributed by atoms with E-state index in [1.54, 1.807) is 25.3 Å². The molecule has 7 nitrogen and oxygen atoms in total. The molecule has 8 heteroatoms. The number of carbonyl (C=O) groups excluding carboxylic acids is 2. The molecule has 0 radical (unpaired) electrons. The van der Waals surface area contributed by atoms with Crippen LogP contribution in [0.15, 0.2) is 18.2 Å². The first-order chi connectivity index (χ1) is 13.2. The molecule has 0 saturated heterocycles. The molecule has 0 bridgehead atoms. The van der Waals surface area contributed by atoms with Gasteiger partial charge < -0.3 is 24.8 Å². The van der Waals surface area contributed by atoms with Crippen molar-refractivity contribution < 1.29 is 23.8 Å². The lowest BCUT2D eigenvalue weighted by Gasteiger charge is -2.30. The number of alkyl carbamates (subject to hydrolysis) is 1. The first kappa shape index (κ1) is 22.1. The van der Waals surface area contributed by atoms with Gasteiger partial charge in [-0.1, -0.05) is 0 Å². The summed E-state index contributed by atoms with van der Waals surface area (Å²) in [5, 5.41) is 5.62. The van der Waals surface area contributed by atoms with Gasteiger partial charge in [-0.2, -0.15) is 0 Å². The molecule has 0 aromatic heterocycles. The number of anilines is 1. The topological polar surface area (TPSA) is 85.9 Å². The van der Waals surface area contributed by atoms with Gasteiger partial charge in [0.25, 0.3) is 0 Å². The molecule has 0 unspecified atom stereocenters. The number of alkyl halides is 1. The Balaban J connectivity index is 1.90. The zero-order chi connectivity index (χ0) is 20.7. The normalized spacial score (nSPS) is 19.5. The molecule has 1 saturated carbocycles. The number of amides is 2. The van der Waals surface area contributed by atoms with Crippen LogP contribution in [0.25, 0.3) is 0 Å². The summed E-state index contributed by atoms with van der Waals surface area (Å²) in [5.74, 6) is 0.763. The zero-order valence-corrected chi connectivity index (χ0v) is 17.6. The average Bonchev–Trinajstić information content (AvgIpc) is 2.62. The van der Waals surface area contributed by atoms with E-state index in [0.717, 1.165) is 25.7 Å². The highest BCUT2D eigenvalue weighted by Gasteiger charge is 2.26. The predicted octanol–water partition coefficient (Wildman–Crippen LogP) is 4.09. The van der Waals surface area contributed by atoms with E-state index in [1.165, 1.54) is 0 Å². The molecule has 1 aliphatic rings. The number of nitrogens with one attached hydrogen (secondary N) is 2. The molecule has 0 aliphatic heterocycles. The summed E-state index contributed by atoms with van der Waals surface area (Å²) in [6, 6.07) is 5.28. The van der Waals surface area contributed by atoms with Crippen molar-refractivity contribution in [1.82, 2.24) is 5.32 Å². The Labute approximate surface area is 171 Å². The molecule has 2 amide bonds. The second-order valence-corrected chi connectivity index (χ2v) is 8.05. The second-order valence-electron chi connectivity index (χ2n) is 7.79. The summed E-state index contributed by atoms with van der Waals surface area (Å²) >= 11 is 5.53. The van der Waals surface area contributed by atoms with Crippen molar-refractivity contribution in [2.45, 2.75) is 64.2 Å². The Morgan fingerprint density at radius 3 is 2.39 bits per heavy atom. The van der Waals surface area contributed by atoms with Crippen LogP contribution < -0.4 is 20.1 Å². The van der Waals surface area contributed by atoms with Crippen molar-refractivity contribution in [3.63, 3.8) is 0 Å². The lowest BCUT2D eigenvalue weighted by Crippen LogP contribution is -2.42.